The van der Waals surface area contributed by atoms with E-state index >= 15 is 0 Å². The van der Waals surface area contributed by atoms with E-state index in [2.05, 4.69) is 47.2 Å². The molecule has 1 N–H and O–H groups in total. The van der Waals surface area contributed by atoms with E-state index in [1.807, 2.05) is 19.1 Å². The van der Waals surface area contributed by atoms with Crippen LogP contribution in [0.5, 0.6) is 0 Å². The summed E-state index contributed by atoms with van der Waals surface area (Å²) in [5.41, 5.74) is 2.38. The van der Waals surface area contributed by atoms with Gasteiger partial charge in [0.15, 0.2) is 0 Å². The van der Waals surface area contributed by atoms with Crippen molar-refractivity contribution in [1.82, 2.24) is 9.62 Å². The molecule has 156 valence electrons. The molecular formula is C22H27BrN2O3S. The first-order valence-electron chi connectivity index (χ1n) is 9.76. The van der Waals surface area contributed by atoms with Crippen LogP contribution in [0.1, 0.15) is 48.2 Å². The molecule has 0 radical (unpaired) electrons. The van der Waals surface area contributed by atoms with Gasteiger partial charge in [0.05, 0.1) is 10.5 Å². The van der Waals surface area contributed by atoms with Crippen LogP contribution in [0.25, 0.3) is 0 Å². The van der Waals surface area contributed by atoms with Crippen molar-refractivity contribution in [1.29, 1.82) is 0 Å². The van der Waals surface area contributed by atoms with Crippen LogP contribution in [0, 0.1) is 6.92 Å². The van der Waals surface area contributed by atoms with Crippen molar-refractivity contribution in [2.24, 2.45) is 0 Å². The monoisotopic (exact) mass is 478 g/mol. The molecule has 1 saturated heterocycles. The summed E-state index contributed by atoms with van der Waals surface area (Å²) >= 11 is 3.39. The number of hydrogen-bond donors (Lipinski definition) is 1. The molecule has 1 aliphatic heterocycles. The van der Waals surface area contributed by atoms with E-state index in [1.165, 1.54) is 15.9 Å². The minimum Gasteiger partial charge on any atom is -0.351 e. The quantitative estimate of drug-likeness (QED) is 0.674. The topological polar surface area (TPSA) is 66.5 Å². The first kappa shape index (κ1) is 22.0. The Bertz CT molecular complexity index is 1010. The van der Waals surface area contributed by atoms with Gasteiger partial charge in [0.25, 0.3) is 5.91 Å². The normalized spacial score (nSPS) is 15.4. The zero-order valence-corrected chi connectivity index (χ0v) is 19.4. The van der Waals surface area contributed by atoms with Crippen LogP contribution in [0.3, 0.4) is 0 Å². The Kier molecular flexibility index (Phi) is 6.51. The van der Waals surface area contributed by atoms with Crippen molar-refractivity contribution in [2.75, 3.05) is 19.6 Å². The Morgan fingerprint density at radius 2 is 1.83 bits per heavy atom. The zero-order valence-electron chi connectivity index (χ0n) is 17.0. The van der Waals surface area contributed by atoms with Crippen LogP contribution in [-0.2, 0) is 15.4 Å². The number of rotatable bonds is 6. The first-order chi connectivity index (χ1) is 13.6. The molecule has 7 heteroatoms. The molecule has 0 aliphatic carbocycles. The smallest absolute Gasteiger partial charge is 0.252 e. The number of hydrogen-bond acceptors (Lipinski definition) is 3. The van der Waals surface area contributed by atoms with Gasteiger partial charge in [-0.2, -0.15) is 4.31 Å². The van der Waals surface area contributed by atoms with Crippen molar-refractivity contribution in [3.63, 3.8) is 0 Å². The summed E-state index contributed by atoms with van der Waals surface area (Å²) in [4.78, 5) is 13.0. The van der Waals surface area contributed by atoms with Gasteiger partial charge in [-0.15, -0.1) is 0 Å². The number of halogens is 1. The summed E-state index contributed by atoms with van der Waals surface area (Å²) in [6.07, 6.45) is 1.74. The van der Waals surface area contributed by atoms with E-state index in [0.717, 1.165) is 18.4 Å². The number of carbonyl (C=O) groups excluding carboxylic acids is 1. The van der Waals surface area contributed by atoms with Crippen LogP contribution in [-0.4, -0.2) is 38.3 Å². The lowest BCUT2D eigenvalue weighted by molar-refractivity contribution is 0.0944. The van der Waals surface area contributed by atoms with E-state index < -0.39 is 10.0 Å². The van der Waals surface area contributed by atoms with Crippen molar-refractivity contribution in [3.05, 3.63) is 63.6 Å². The number of benzene rings is 2. The van der Waals surface area contributed by atoms with Crippen LogP contribution in [0.2, 0.25) is 0 Å². The second kappa shape index (κ2) is 8.58. The van der Waals surface area contributed by atoms with Crippen molar-refractivity contribution in [2.45, 2.75) is 43.9 Å². The van der Waals surface area contributed by atoms with E-state index in [0.29, 0.717) is 29.7 Å². The fourth-order valence-corrected chi connectivity index (χ4v) is 5.45. The number of nitrogens with zero attached hydrogens (tertiary/aromatic N) is 1. The maximum Gasteiger partial charge on any atom is 0.252 e. The average Bonchev–Trinajstić information content (AvgIpc) is 3.22. The molecule has 1 aliphatic rings. The van der Waals surface area contributed by atoms with E-state index in [1.54, 1.807) is 12.1 Å². The predicted octanol–water partition coefficient (Wildman–Crippen LogP) is 4.25. The summed E-state index contributed by atoms with van der Waals surface area (Å²) in [6, 6.07) is 12.9. The van der Waals surface area contributed by atoms with E-state index in [9.17, 15) is 13.2 Å². The fourth-order valence-electron chi connectivity index (χ4n) is 3.48. The molecule has 0 unspecified atom stereocenters. The van der Waals surface area contributed by atoms with Gasteiger partial charge in [0.2, 0.25) is 10.0 Å². The maximum atomic E-state index is 12.9. The van der Waals surface area contributed by atoms with Crippen LogP contribution in [0.4, 0.5) is 0 Å². The third-order valence-electron chi connectivity index (χ3n) is 5.38. The Labute approximate surface area is 181 Å². The molecule has 1 amide bonds. The van der Waals surface area contributed by atoms with Crippen LogP contribution >= 0.6 is 15.9 Å². The SMILES string of the molecule is Cc1cccc(C(C)(C)CNC(=O)c2cc(S(=O)(=O)N3CCCC3)ccc2Br)c1. The molecule has 0 bridgehead atoms. The molecule has 2 aromatic rings. The number of carbonyl (C=O) groups is 1. The van der Waals surface area contributed by atoms with Gasteiger partial charge in [-0.05, 0) is 59.5 Å². The van der Waals surface area contributed by atoms with Crippen LogP contribution < -0.4 is 5.32 Å². The highest BCUT2D eigenvalue weighted by atomic mass is 79.9. The first-order valence-corrected chi connectivity index (χ1v) is 12.0. The summed E-state index contributed by atoms with van der Waals surface area (Å²) < 4.78 is 27.7. The average molecular weight is 479 g/mol. The largest absolute Gasteiger partial charge is 0.351 e. The summed E-state index contributed by atoms with van der Waals surface area (Å²) in [5, 5.41) is 2.97. The van der Waals surface area contributed by atoms with Gasteiger partial charge in [-0.25, -0.2) is 8.42 Å². The van der Waals surface area contributed by atoms with Crippen LogP contribution in [0.15, 0.2) is 51.8 Å². The Hall–Kier alpha value is -1.70. The molecule has 3 rings (SSSR count). The number of nitrogens with one attached hydrogen (secondary N) is 1. The zero-order chi connectivity index (χ0) is 21.2. The third kappa shape index (κ3) is 4.90. The standard InChI is InChI=1S/C22H27BrN2O3S/c1-16-7-6-8-17(13-16)22(2,3)15-24-21(26)19-14-18(9-10-20(19)23)29(27,28)25-11-4-5-12-25/h6-10,13-14H,4-5,11-12,15H2,1-3H3,(H,24,26). The molecule has 5 nitrogen and oxygen atoms in total. The second-order valence-corrected chi connectivity index (χ2v) is 11.0. The highest BCUT2D eigenvalue weighted by Gasteiger charge is 2.29. The molecule has 1 heterocycles. The number of aryl methyl sites for hydroxylation is 1. The number of sulfonamides is 1. The molecule has 0 aromatic heterocycles. The predicted molar refractivity (Wildman–Crippen MR) is 119 cm³/mol. The molecule has 1 fully saturated rings. The van der Waals surface area contributed by atoms with Gasteiger partial charge in [0.1, 0.15) is 0 Å². The molecule has 29 heavy (non-hydrogen) atoms. The lowest BCUT2D eigenvalue weighted by atomic mass is 9.84. The van der Waals surface area contributed by atoms with Gasteiger partial charge >= 0.3 is 0 Å². The lowest BCUT2D eigenvalue weighted by Gasteiger charge is -2.26. The fraction of sp³-hybridized carbons (Fsp3) is 0.409. The summed E-state index contributed by atoms with van der Waals surface area (Å²) in [6.45, 7) is 7.69. The van der Waals surface area contributed by atoms with Gasteiger partial charge in [0, 0.05) is 29.5 Å². The minimum atomic E-state index is -3.57. The molecule has 0 saturated carbocycles. The Balaban J connectivity index is 1.79. The van der Waals surface area contributed by atoms with Gasteiger partial charge < -0.3 is 5.32 Å². The number of amides is 1. The minimum absolute atomic E-state index is 0.158. The highest BCUT2D eigenvalue weighted by molar-refractivity contribution is 9.10. The lowest BCUT2D eigenvalue weighted by Crippen LogP contribution is -2.37. The summed E-state index contributed by atoms with van der Waals surface area (Å²) in [7, 11) is -3.57. The molecule has 2 aromatic carbocycles. The third-order valence-corrected chi connectivity index (χ3v) is 7.96. The van der Waals surface area contributed by atoms with Crippen molar-refractivity contribution in [3.8, 4) is 0 Å². The van der Waals surface area contributed by atoms with E-state index in [4.69, 9.17) is 0 Å². The van der Waals surface area contributed by atoms with Gasteiger partial charge in [-0.1, -0.05) is 43.7 Å². The van der Waals surface area contributed by atoms with Crippen molar-refractivity contribution >= 4 is 31.9 Å². The molecule has 0 spiro atoms. The van der Waals surface area contributed by atoms with Crippen molar-refractivity contribution < 1.29 is 13.2 Å². The summed E-state index contributed by atoms with van der Waals surface area (Å²) in [5.74, 6) is -0.295. The second-order valence-electron chi connectivity index (χ2n) is 8.19. The maximum absolute atomic E-state index is 12.9. The molecular weight excluding hydrogens is 452 g/mol. The Morgan fingerprint density at radius 1 is 1.14 bits per heavy atom. The Morgan fingerprint density at radius 3 is 2.48 bits per heavy atom. The molecule has 0 atom stereocenters. The van der Waals surface area contributed by atoms with Gasteiger partial charge in [-0.3, -0.25) is 4.79 Å². The highest BCUT2D eigenvalue weighted by Crippen LogP contribution is 2.27. The van der Waals surface area contributed by atoms with E-state index in [-0.39, 0.29) is 16.2 Å².